The number of hydrogen-bond acceptors (Lipinski definition) is 2. The zero-order chi connectivity index (χ0) is 9.84. The van der Waals surface area contributed by atoms with Gasteiger partial charge in [-0.3, -0.25) is 4.79 Å². The van der Waals surface area contributed by atoms with Gasteiger partial charge in [0.1, 0.15) is 5.78 Å². The van der Waals surface area contributed by atoms with Crippen LogP contribution >= 0.6 is 0 Å². The Bertz CT molecular complexity index is 175. The maximum atomic E-state index is 11.6. The van der Waals surface area contributed by atoms with Gasteiger partial charge in [-0.15, -0.1) is 0 Å². The Morgan fingerprint density at radius 3 is 2.62 bits per heavy atom. The van der Waals surface area contributed by atoms with Crippen molar-refractivity contribution in [2.45, 2.75) is 52.0 Å². The standard InChI is InChI=1S/C11H21NO/c1-3-4-8(2)11(13)7-10(12)9-5-6-9/h8-10H,3-7,12H2,1-2H3. The first-order valence-electron chi connectivity index (χ1n) is 5.43. The number of rotatable bonds is 6. The van der Waals surface area contributed by atoms with Crippen LogP contribution in [0.1, 0.15) is 46.0 Å². The maximum Gasteiger partial charge on any atom is 0.137 e. The minimum absolute atomic E-state index is 0.145. The van der Waals surface area contributed by atoms with Gasteiger partial charge in [0.15, 0.2) is 0 Å². The maximum absolute atomic E-state index is 11.6. The summed E-state index contributed by atoms with van der Waals surface area (Å²) >= 11 is 0. The second kappa shape index (κ2) is 4.75. The number of carbonyl (C=O) groups is 1. The molecule has 0 heterocycles. The molecule has 1 saturated carbocycles. The van der Waals surface area contributed by atoms with Gasteiger partial charge in [-0.05, 0) is 25.2 Å². The van der Waals surface area contributed by atoms with Crippen LogP contribution in [0, 0.1) is 11.8 Å². The van der Waals surface area contributed by atoms with Crippen molar-refractivity contribution in [3.63, 3.8) is 0 Å². The molecule has 2 nitrogen and oxygen atoms in total. The van der Waals surface area contributed by atoms with Gasteiger partial charge in [0.05, 0.1) is 0 Å². The fourth-order valence-corrected chi connectivity index (χ4v) is 1.72. The minimum atomic E-state index is 0.145. The van der Waals surface area contributed by atoms with Crippen molar-refractivity contribution in [2.75, 3.05) is 0 Å². The molecule has 2 unspecified atom stereocenters. The fourth-order valence-electron chi connectivity index (χ4n) is 1.72. The minimum Gasteiger partial charge on any atom is -0.327 e. The number of nitrogens with two attached hydrogens (primary N) is 1. The second-order valence-corrected chi connectivity index (χ2v) is 4.36. The molecule has 0 bridgehead atoms. The smallest absolute Gasteiger partial charge is 0.137 e. The van der Waals surface area contributed by atoms with Crippen LogP contribution in [0.3, 0.4) is 0 Å². The van der Waals surface area contributed by atoms with E-state index in [-0.39, 0.29) is 12.0 Å². The summed E-state index contributed by atoms with van der Waals surface area (Å²) in [4.78, 5) is 11.6. The summed E-state index contributed by atoms with van der Waals surface area (Å²) in [6.45, 7) is 4.13. The zero-order valence-electron chi connectivity index (χ0n) is 8.75. The summed E-state index contributed by atoms with van der Waals surface area (Å²) in [5.74, 6) is 1.23. The van der Waals surface area contributed by atoms with E-state index in [0.29, 0.717) is 18.1 Å². The third kappa shape index (κ3) is 3.47. The Labute approximate surface area is 80.9 Å². The van der Waals surface area contributed by atoms with Crippen LogP contribution < -0.4 is 5.73 Å². The van der Waals surface area contributed by atoms with E-state index in [1.165, 1.54) is 12.8 Å². The van der Waals surface area contributed by atoms with Gasteiger partial charge in [0.2, 0.25) is 0 Å². The van der Waals surface area contributed by atoms with Crippen molar-refractivity contribution in [3.8, 4) is 0 Å². The van der Waals surface area contributed by atoms with Crippen molar-refractivity contribution in [3.05, 3.63) is 0 Å². The van der Waals surface area contributed by atoms with Gasteiger partial charge in [-0.25, -0.2) is 0 Å². The van der Waals surface area contributed by atoms with Gasteiger partial charge >= 0.3 is 0 Å². The third-order valence-corrected chi connectivity index (χ3v) is 2.94. The lowest BCUT2D eigenvalue weighted by molar-refractivity contribution is -0.123. The summed E-state index contributed by atoms with van der Waals surface area (Å²) in [5.41, 5.74) is 5.89. The summed E-state index contributed by atoms with van der Waals surface area (Å²) in [6.07, 6.45) is 5.17. The Morgan fingerprint density at radius 1 is 1.54 bits per heavy atom. The first-order valence-corrected chi connectivity index (χ1v) is 5.43. The largest absolute Gasteiger partial charge is 0.327 e. The number of ketones is 1. The average Bonchev–Trinajstić information content (AvgIpc) is 2.86. The van der Waals surface area contributed by atoms with Crippen molar-refractivity contribution < 1.29 is 4.79 Å². The molecule has 1 aliphatic carbocycles. The SMILES string of the molecule is CCCC(C)C(=O)CC(N)C1CC1. The molecule has 1 rings (SSSR count). The van der Waals surface area contributed by atoms with E-state index in [0.717, 1.165) is 12.8 Å². The van der Waals surface area contributed by atoms with E-state index >= 15 is 0 Å². The highest BCUT2D eigenvalue weighted by Gasteiger charge is 2.30. The van der Waals surface area contributed by atoms with Crippen LogP contribution in [0.2, 0.25) is 0 Å². The molecule has 0 aromatic rings. The molecule has 0 aromatic carbocycles. The van der Waals surface area contributed by atoms with Crippen LogP contribution in [-0.4, -0.2) is 11.8 Å². The van der Waals surface area contributed by atoms with Gasteiger partial charge < -0.3 is 5.73 Å². The van der Waals surface area contributed by atoms with Gasteiger partial charge in [-0.2, -0.15) is 0 Å². The molecule has 0 spiro atoms. The number of hydrogen-bond donors (Lipinski definition) is 1. The van der Waals surface area contributed by atoms with E-state index in [1.54, 1.807) is 0 Å². The molecule has 2 heteroatoms. The summed E-state index contributed by atoms with van der Waals surface area (Å²) in [5, 5.41) is 0. The first kappa shape index (κ1) is 10.7. The second-order valence-electron chi connectivity index (χ2n) is 4.36. The summed E-state index contributed by atoms with van der Waals surface area (Å²) in [7, 11) is 0. The predicted octanol–water partition coefficient (Wildman–Crippen LogP) is 2.12. The van der Waals surface area contributed by atoms with Crippen LogP contribution in [0.5, 0.6) is 0 Å². The summed E-state index contributed by atoms with van der Waals surface area (Å²) in [6, 6.07) is 0.145. The highest BCUT2D eigenvalue weighted by Crippen LogP contribution is 2.33. The molecular formula is C11H21NO. The monoisotopic (exact) mass is 183 g/mol. The van der Waals surface area contributed by atoms with Crippen molar-refractivity contribution in [1.29, 1.82) is 0 Å². The van der Waals surface area contributed by atoms with Crippen molar-refractivity contribution in [2.24, 2.45) is 17.6 Å². The van der Waals surface area contributed by atoms with E-state index in [2.05, 4.69) is 6.92 Å². The lowest BCUT2D eigenvalue weighted by atomic mass is 9.95. The Morgan fingerprint density at radius 2 is 2.15 bits per heavy atom. The predicted molar refractivity (Wildman–Crippen MR) is 54.4 cm³/mol. The van der Waals surface area contributed by atoms with Crippen molar-refractivity contribution in [1.82, 2.24) is 0 Å². The van der Waals surface area contributed by atoms with E-state index in [9.17, 15) is 4.79 Å². The topological polar surface area (TPSA) is 43.1 Å². The Balaban J connectivity index is 2.22. The van der Waals surface area contributed by atoms with Crippen LogP contribution in [-0.2, 0) is 4.79 Å². The molecule has 0 radical (unpaired) electrons. The highest BCUT2D eigenvalue weighted by molar-refractivity contribution is 5.81. The van der Waals surface area contributed by atoms with Crippen LogP contribution in [0.25, 0.3) is 0 Å². The number of carbonyl (C=O) groups excluding carboxylic acids is 1. The van der Waals surface area contributed by atoms with Gasteiger partial charge in [-0.1, -0.05) is 20.3 Å². The first-order chi connectivity index (χ1) is 6.15. The summed E-state index contributed by atoms with van der Waals surface area (Å²) < 4.78 is 0. The molecule has 76 valence electrons. The highest BCUT2D eigenvalue weighted by atomic mass is 16.1. The number of Topliss-reactive ketones (excluding diaryl/α,β-unsaturated/α-hetero) is 1. The van der Waals surface area contributed by atoms with Crippen LogP contribution in [0.15, 0.2) is 0 Å². The van der Waals surface area contributed by atoms with Gasteiger partial charge in [0.25, 0.3) is 0 Å². The van der Waals surface area contributed by atoms with E-state index in [4.69, 9.17) is 5.73 Å². The molecule has 13 heavy (non-hydrogen) atoms. The Kier molecular flexibility index (Phi) is 3.91. The third-order valence-electron chi connectivity index (χ3n) is 2.94. The van der Waals surface area contributed by atoms with Crippen LogP contribution in [0.4, 0.5) is 0 Å². The molecule has 1 aliphatic rings. The average molecular weight is 183 g/mol. The fraction of sp³-hybridized carbons (Fsp3) is 0.909. The van der Waals surface area contributed by atoms with Gasteiger partial charge in [0, 0.05) is 18.4 Å². The molecule has 0 aliphatic heterocycles. The van der Waals surface area contributed by atoms with Crippen molar-refractivity contribution >= 4 is 5.78 Å². The lowest BCUT2D eigenvalue weighted by Gasteiger charge is -2.13. The molecule has 2 atom stereocenters. The molecule has 0 saturated heterocycles. The lowest BCUT2D eigenvalue weighted by Crippen LogP contribution is -2.28. The molecule has 2 N–H and O–H groups in total. The quantitative estimate of drug-likeness (QED) is 0.685. The Hall–Kier alpha value is -0.370. The molecule has 0 amide bonds. The molecule has 1 fully saturated rings. The molecular weight excluding hydrogens is 162 g/mol. The normalized spacial score (nSPS) is 21.2. The van der Waals surface area contributed by atoms with E-state index < -0.39 is 0 Å². The zero-order valence-corrected chi connectivity index (χ0v) is 8.75. The van der Waals surface area contributed by atoms with E-state index in [1.807, 2.05) is 6.92 Å². The molecule has 0 aromatic heterocycles.